The summed E-state index contributed by atoms with van der Waals surface area (Å²) >= 11 is -5.68. The summed E-state index contributed by atoms with van der Waals surface area (Å²) in [5.74, 6) is 0. The molecule has 0 bridgehead atoms. The quantitative estimate of drug-likeness (QED) is 0.203. The maximum atomic E-state index is 2.79. The number of hydrogen-bond acceptors (Lipinski definition) is 0. The first-order chi connectivity index (χ1) is 17.1. The van der Waals surface area contributed by atoms with Gasteiger partial charge in [0.1, 0.15) is 0 Å². The van der Waals surface area contributed by atoms with Crippen LogP contribution in [0.5, 0.6) is 0 Å². The number of fused-ring (bicyclic) bond motifs is 2. The number of allylic oxidation sites excluding steroid dienone is 2. The van der Waals surface area contributed by atoms with Crippen molar-refractivity contribution >= 4 is 25.7 Å². The fraction of sp³-hybridized carbons (Fsp3) is 0.176. The average Bonchev–Trinajstić information content (AvgIpc) is 3.42. The molecule has 0 nitrogen and oxygen atoms in total. The van der Waals surface area contributed by atoms with Crippen molar-refractivity contribution in [3.63, 3.8) is 0 Å². The molecule has 36 heavy (non-hydrogen) atoms. The van der Waals surface area contributed by atoms with E-state index in [4.69, 9.17) is 0 Å². The molecule has 2 unspecified atom stereocenters. The Kier molecular flexibility index (Phi) is 4.53. The van der Waals surface area contributed by atoms with Crippen LogP contribution in [0, 0.1) is 0 Å². The second-order valence-electron chi connectivity index (χ2n) is 13.6. The van der Waals surface area contributed by atoms with E-state index < -0.39 is 14.2 Å². The Labute approximate surface area is 211 Å². The van der Waals surface area contributed by atoms with E-state index in [9.17, 15) is 0 Å². The third-order valence-electron chi connectivity index (χ3n) is 10.8. The van der Waals surface area contributed by atoms with Crippen LogP contribution < -0.4 is 6.64 Å². The Bertz CT molecular complexity index is 1600. The van der Waals surface area contributed by atoms with E-state index in [0.717, 1.165) is 0 Å². The summed E-state index contributed by atoms with van der Waals surface area (Å²) in [6.07, 6.45) is 4.95. The fourth-order valence-corrected chi connectivity index (χ4v) is 67.4. The molecular weight excluding hydrogens is 615 g/mol. The van der Waals surface area contributed by atoms with Crippen molar-refractivity contribution in [2.24, 2.45) is 0 Å². The Morgan fingerprint density at radius 1 is 0.500 bits per heavy atom. The fourth-order valence-electron chi connectivity index (χ4n) is 9.57. The Balaban J connectivity index is 1.96. The molecule has 0 heterocycles. The Morgan fingerprint density at radius 3 is 1.22 bits per heavy atom. The van der Waals surface area contributed by atoms with Gasteiger partial charge in [-0.2, -0.15) is 0 Å². The van der Waals surface area contributed by atoms with E-state index in [0.29, 0.717) is 7.35 Å². The van der Waals surface area contributed by atoms with Gasteiger partial charge in [0.2, 0.25) is 0 Å². The molecule has 2 heteroatoms. The number of benzene rings is 4. The van der Waals surface area contributed by atoms with Crippen LogP contribution in [0.1, 0.15) is 43.5 Å². The molecule has 6 rings (SSSR count). The molecule has 0 spiro atoms. The van der Waals surface area contributed by atoms with Gasteiger partial charge in [0.15, 0.2) is 0 Å². The van der Waals surface area contributed by atoms with Gasteiger partial charge >= 0.3 is 213 Å². The van der Waals surface area contributed by atoms with Gasteiger partial charge in [0.05, 0.1) is 0 Å². The van der Waals surface area contributed by atoms with Crippen LogP contribution in [0.4, 0.5) is 0 Å². The molecule has 4 aromatic carbocycles. The van der Waals surface area contributed by atoms with E-state index in [-0.39, 0.29) is 0 Å². The summed E-state index contributed by atoms with van der Waals surface area (Å²) in [6, 6.07) is 41.6. The Hall–Kier alpha value is -2.55. The SMILES string of the molecule is CC1=Cc2ccccc2[CH]1[Hf]([CH3])([CH3])(=[SiH2])([c]1ccccc1)([c]1ccccc1)[CH]1C(C)=Cc2ccccc21. The molecule has 2 aliphatic rings. The number of rotatable bonds is 4. The van der Waals surface area contributed by atoms with Crippen molar-refractivity contribution in [2.75, 3.05) is 0 Å². The molecule has 0 aromatic heterocycles. The number of hydrogen-bond donors (Lipinski definition) is 0. The molecule has 0 saturated carbocycles. The monoisotopic (exact) mass is 652 g/mol. The van der Waals surface area contributed by atoms with Crippen molar-refractivity contribution in [1.29, 1.82) is 0 Å². The normalized spacial score (nSPS) is 21.7. The zero-order valence-corrected chi connectivity index (χ0v) is 26.9. The van der Waals surface area contributed by atoms with Crippen LogP contribution in [0.15, 0.2) is 120 Å². The summed E-state index contributed by atoms with van der Waals surface area (Å²) in [4.78, 5) is 0. The van der Waals surface area contributed by atoms with Gasteiger partial charge in [-0.15, -0.1) is 0 Å². The van der Waals surface area contributed by atoms with Crippen LogP contribution >= 0.6 is 0 Å². The third-order valence-corrected chi connectivity index (χ3v) is 68.0. The van der Waals surface area contributed by atoms with Crippen molar-refractivity contribution in [1.82, 2.24) is 0 Å². The van der Waals surface area contributed by atoms with Crippen molar-refractivity contribution in [3.05, 3.63) is 143 Å². The molecule has 0 radical (unpaired) electrons. The standard InChI is InChI=1S/2C10H9.2C6H5.2CH3.Hf.H2Si/c2*1-8-6-9-4-2-3-5-10(9)7-8;2*1-2-4-6-5-3-1;;;;/h2*2-7H,1H3;2*1-5H;2*1H3;;1H2. The molecule has 0 aliphatic heterocycles. The molecule has 0 saturated heterocycles. The zero-order valence-electron chi connectivity index (χ0n) is 21.9. The summed E-state index contributed by atoms with van der Waals surface area (Å²) < 4.78 is 9.26. The van der Waals surface area contributed by atoms with Gasteiger partial charge in [-0.05, 0) is 0 Å². The van der Waals surface area contributed by atoms with Crippen LogP contribution in [0.25, 0.3) is 12.2 Å². The molecular formula is C34H36HfSi. The summed E-state index contributed by atoms with van der Waals surface area (Å²) in [5.41, 5.74) is 8.73. The van der Waals surface area contributed by atoms with Crippen LogP contribution in [0.3, 0.4) is 0 Å². The van der Waals surface area contributed by atoms with Gasteiger partial charge in [-0.25, -0.2) is 0 Å². The molecule has 0 amide bonds. The van der Waals surface area contributed by atoms with Crippen molar-refractivity contribution in [2.45, 2.75) is 30.6 Å². The molecule has 0 fully saturated rings. The van der Waals surface area contributed by atoms with E-state index in [1.54, 1.807) is 0 Å². The minimum atomic E-state index is -5.68. The summed E-state index contributed by atoms with van der Waals surface area (Å²) in [6.45, 7) is 7.22. The van der Waals surface area contributed by atoms with Gasteiger partial charge in [-0.1, -0.05) is 0 Å². The summed E-state index contributed by atoms with van der Waals surface area (Å²) in [7, 11) is 0. The zero-order chi connectivity index (χ0) is 25.3. The molecule has 180 valence electrons. The predicted octanol–water partition coefficient (Wildman–Crippen LogP) is 7.36. The first-order valence-corrected chi connectivity index (χ1v) is 36.5. The van der Waals surface area contributed by atoms with Gasteiger partial charge in [0, 0.05) is 0 Å². The first kappa shape index (κ1) is 23.8. The van der Waals surface area contributed by atoms with Crippen LogP contribution in [0.2, 0.25) is 9.36 Å². The molecule has 2 aliphatic carbocycles. The van der Waals surface area contributed by atoms with E-state index in [1.165, 1.54) is 40.0 Å². The van der Waals surface area contributed by atoms with Gasteiger partial charge < -0.3 is 0 Å². The van der Waals surface area contributed by atoms with Crippen LogP contribution in [-0.4, -0.2) is 6.94 Å². The van der Waals surface area contributed by atoms with E-state index in [2.05, 4.69) is 151 Å². The average molecular weight is 651 g/mol. The van der Waals surface area contributed by atoms with E-state index in [1.807, 2.05) is 0 Å². The van der Waals surface area contributed by atoms with Gasteiger partial charge in [0.25, 0.3) is 0 Å². The molecule has 4 aromatic rings. The second kappa shape index (κ2) is 6.85. The van der Waals surface area contributed by atoms with Gasteiger partial charge in [-0.3, -0.25) is 0 Å². The van der Waals surface area contributed by atoms with Crippen molar-refractivity contribution < 1.29 is 14.2 Å². The maximum absolute atomic E-state index is 5.68. The first-order valence-electron chi connectivity index (χ1n) is 13.2. The molecule has 0 N–H and O–H groups in total. The predicted molar refractivity (Wildman–Crippen MR) is 158 cm³/mol. The van der Waals surface area contributed by atoms with E-state index >= 15 is 0 Å². The third kappa shape index (κ3) is 2.53. The van der Waals surface area contributed by atoms with Crippen LogP contribution in [-0.2, 0) is 14.2 Å². The topological polar surface area (TPSA) is 0 Å². The summed E-state index contributed by atoms with van der Waals surface area (Å²) in [5, 5.41) is 0. The molecule has 2 atom stereocenters. The Morgan fingerprint density at radius 2 is 0.833 bits per heavy atom. The van der Waals surface area contributed by atoms with Crippen molar-refractivity contribution in [3.8, 4) is 0 Å². The second-order valence-corrected chi connectivity index (χ2v) is 81.8. The minimum absolute atomic E-state index is 0.299.